The van der Waals surface area contributed by atoms with Crippen LogP contribution >= 0.6 is 0 Å². The molecule has 2 aromatic heterocycles. The molecule has 11 nitrogen and oxygen atoms in total. The Bertz CT molecular complexity index is 2260. The Labute approximate surface area is 317 Å². The maximum atomic E-state index is 14.9. The fourth-order valence-electron chi connectivity index (χ4n) is 9.32. The van der Waals surface area contributed by atoms with Crippen molar-refractivity contribution in [1.82, 2.24) is 24.0 Å². The number of benzene rings is 2. The van der Waals surface area contributed by atoms with Crippen LogP contribution in [0.2, 0.25) is 0 Å². The van der Waals surface area contributed by atoms with Crippen molar-refractivity contribution in [1.29, 1.82) is 0 Å². The van der Waals surface area contributed by atoms with Gasteiger partial charge in [0.25, 0.3) is 11.8 Å². The number of aromatic nitrogens is 3. The van der Waals surface area contributed by atoms with Gasteiger partial charge in [0.05, 0.1) is 66.8 Å². The van der Waals surface area contributed by atoms with E-state index in [0.29, 0.717) is 43.5 Å². The number of morpholine rings is 1. The molecule has 2 aromatic carbocycles. The number of nitrogens with zero attached hydrogens (tertiary/aromatic N) is 4. The third kappa shape index (κ3) is 6.24. The van der Waals surface area contributed by atoms with Gasteiger partial charge in [-0.25, -0.2) is 13.1 Å². The summed E-state index contributed by atoms with van der Waals surface area (Å²) in [6, 6.07) is 11.8. The number of hydrogen-bond acceptors (Lipinski definition) is 7. The van der Waals surface area contributed by atoms with Crippen LogP contribution in [0.1, 0.15) is 121 Å². The fourth-order valence-corrected chi connectivity index (χ4v) is 9.93. The summed E-state index contributed by atoms with van der Waals surface area (Å²) in [6.07, 6.45) is 10.7. The minimum absolute atomic E-state index is 0.00186. The number of piperidine rings is 1. The highest BCUT2D eigenvalue weighted by molar-refractivity contribution is 7.90. The van der Waals surface area contributed by atoms with Crippen LogP contribution in [0.3, 0.4) is 0 Å². The smallest absolute Gasteiger partial charge is 0.264 e. The summed E-state index contributed by atoms with van der Waals surface area (Å²) in [7, 11) is -2.17. The number of carbonyl (C=O) groups is 2. The van der Waals surface area contributed by atoms with Gasteiger partial charge in [-0.15, -0.1) is 0 Å². The van der Waals surface area contributed by atoms with Gasteiger partial charge in [0.1, 0.15) is 5.75 Å². The topological polar surface area (TPSA) is 125 Å². The van der Waals surface area contributed by atoms with Crippen molar-refractivity contribution in [3.05, 3.63) is 70.0 Å². The molecule has 2 saturated heterocycles. The van der Waals surface area contributed by atoms with Gasteiger partial charge < -0.3 is 18.9 Å². The van der Waals surface area contributed by atoms with Crippen LogP contribution in [-0.4, -0.2) is 77.1 Å². The second kappa shape index (κ2) is 14.3. The van der Waals surface area contributed by atoms with Crippen molar-refractivity contribution in [2.75, 3.05) is 20.3 Å². The molecule has 1 N–H and O–H groups in total. The highest BCUT2D eigenvalue weighted by atomic mass is 32.2. The number of sulfonamides is 1. The van der Waals surface area contributed by atoms with E-state index in [1.165, 1.54) is 12.0 Å². The molecule has 3 aliphatic heterocycles. The summed E-state index contributed by atoms with van der Waals surface area (Å²) in [4.78, 5) is 30.5. The van der Waals surface area contributed by atoms with Crippen LogP contribution in [0.4, 0.5) is 0 Å². The summed E-state index contributed by atoms with van der Waals surface area (Å²) < 4.78 is 43.8. The maximum absolute atomic E-state index is 14.9. The lowest BCUT2D eigenvalue weighted by molar-refractivity contribution is -0.0566. The highest BCUT2D eigenvalue weighted by Gasteiger charge is 2.41. The quantitative estimate of drug-likeness (QED) is 0.200. The fraction of sp³-hybridized carbons (Fsp3) is 0.500. The Balaban J connectivity index is 1.35. The molecule has 5 heterocycles. The third-order valence-electron chi connectivity index (χ3n) is 12.1. The van der Waals surface area contributed by atoms with E-state index in [1.807, 2.05) is 29.8 Å². The number of allylic oxidation sites excluding steroid dienone is 1. The van der Waals surface area contributed by atoms with Crippen molar-refractivity contribution in [2.45, 2.75) is 115 Å². The van der Waals surface area contributed by atoms with Crippen LogP contribution in [0.15, 0.2) is 36.4 Å². The van der Waals surface area contributed by atoms with Crippen LogP contribution in [-0.2, 0) is 27.8 Å². The van der Waals surface area contributed by atoms with E-state index in [9.17, 15) is 18.0 Å². The van der Waals surface area contributed by atoms with E-state index in [1.54, 1.807) is 27.0 Å². The molecule has 3 fully saturated rings. The summed E-state index contributed by atoms with van der Waals surface area (Å²) in [5.74, 6) is 0.396. The molecule has 2 amide bonds. The molecule has 12 heteroatoms. The molecule has 1 saturated carbocycles. The zero-order chi connectivity index (χ0) is 37.9. The van der Waals surface area contributed by atoms with E-state index in [-0.39, 0.29) is 23.6 Å². The Morgan fingerprint density at radius 3 is 2.41 bits per heavy atom. The average molecular weight is 754 g/mol. The molecule has 286 valence electrons. The first-order valence-corrected chi connectivity index (χ1v) is 21.1. The van der Waals surface area contributed by atoms with Gasteiger partial charge in [0.2, 0.25) is 10.0 Å². The van der Waals surface area contributed by atoms with Crippen LogP contribution in [0.25, 0.3) is 33.8 Å². The first kappa shape index (κ1) is 36.6. The molecule has 2 atom stereocenters. The van der Waals surface area contributed by atoms with E-state index in [0.717, 1.165) is 89.7 Å². The van der Waals surface area contributed by atoms with Crippen LogP contribution in [0, 0.1) is 6.92 Å². The van der Waals surface area contributed by atoms with Gasteiger partial charge >= 0.3 is 0 Å². The first-order valence-electron chi connectivity index (χ1n) is 19.6. The molecule has 4 aromatic rings. The Hall–Kier alpha value is -4.42. The number of rotatable bonds is 8. The maximum Gasteiger partial charge on any atom is 0.264 e. The Kier molecular flexibility index (Phi) is 9.71. The normalized spacial score (nSPS) is 20.3. The minimum atomic E-state index is -3.84. The monoisotopic (exact) mass is 753 g/mol. The van der Waals surface area contributed by atoms with Gasteiger partial charge in [-0.2, -0.15) is 5.10 Å². The van der Waals surface area contributed by atoms with Crippen LogP contribution < -0.4 is 9.46 Å². The zero-order valence-corrected chi connectivity index (χ0v) is 32.8. The minimum Gasteiger partial charge on any atom is -0.497 e. The second-order valence-electron chi connectivity index (χ2n) is 15.7. The first-order chi connectivity index (χ1) is 26.0. The average Bonchev–Trinajstić information content (AvgIpc) is 3.61. The Morgan fingerprint density at radius 2 is 1.72 bits per heavy atom. The lowest BCUT2D eigenvalue weighted by atomic mass is 9.81. The van der Waals surface area contributed by atoms with Crippen LogP contribution in [0.5, 0.6) is 5.75 Å². The van der Waals surface area contributed by atoms with Gasteiger partial charge in [-0.1, -0.05) is 25.3 Å². The number of fused-ring (bicyclic) bond motifs is 7. The van der Waals surface area contributed by atoms with Crippen molar-refractivity contribution >= 4 is 44.4 Å². The van der Waals surface area contributed by atoms with Crippen molar-refractivity contribution in [3.8, 4) is 17.0 Å². The third-order valence-corrected chi connectivity index (χ3v) is 13.8. The lowest BCUT2D eigenvalue weighted by Gasteiger charge is -2.45. The predicted molar refractivity (Wildman–Crippen MR) is 210 cm³/mol. The molecule has 8 rings (SSSR count). The van der Waals surface area contributed by atoms with E-state index < -0.39 is 21.2 Å². The molecular weight excluding hydrogens is 703 g/mol. The number of ether oxygens (including phenoxy) is 2. The molecule has 54 heavy (non-hydrogen) atoms. The van der Waals surface area contributed by atoms with Gasteiger partial charge in [0.15, 0.2) is 0 Å². The molecule has 0 radical (unpaired) electrons. The van der Waals surface area contributed by atoms with Crippen molar-refractivity contribution in [3.63, 3.8) is 0 Å². The SMILES string of the molecule is CCn1nc(C)c(C(=O)N2C3CCCC2COC3)c1C1=Cc2cc(OC)ccc2-c2c(C3CCCCC3)c3ccc(C(=O)NS(=O)(=O)C(C)C)cc3n2C1. The van der Waals surface area contributed by atoms with E-state index in [4.69, 9.17) is 14.6 Å². The van der Waals surface area contributed by atoms with Gasteiger partial charge in [-0.05, 0) is 119 Å². The summed E-state index contributed by atoms with van der Waals surface area (Å²) in [5.41, 5.74) is 8.54. The summed E-state index contributed by atoms with van der Waals surface area (Å²) in [6.45, 7) is 9.16. The Morgan fingerprint density at radius 1 is 0.981 bits per heavy atom. The lowest BCUT2D eigenvalue weighted by Crippen LogP contribution is -2.57. The van der Waals surface area contributed by atoms with Gasteiger partial charge in [0, 0.05) is 28.6 Å². The van der Waals surface area contributed by atoms with Crippen molar-refractivity contribution < 1.29 is 27.5 Å². The van der Waals surface area contributed by atoms with E-state index >= 15 is 0 Å². The van der Waals surface area contributed by atoms with Gasteiger partial charge in [-0.3, -0.25) is 14.3 Å². The molecule has 0 spiro atoms. The second-order valence-corrected chi connectivity index (χ2v) is 17.9. The molecule has 1 aliphatic carbocycles. The van der Waals surface area contributed by atoms with E-state index in [2.05, 4.69) is 39.3 Å². The number of carbonyl (C=O) groups excluding carboxylic acids is 2. The number of amides is 2. The largest absolute Gasteiger partial charge is 0.497 e. The molecule has 4 aliphatic rings. The molecule has 2 bridgehead atoms. The predicted octanol–water partition coefficient (Wildman–Crippen LogP) is 7.31. The zero-order valence-electron chi connectivity index (χ0n) is 32.0. The summed E-state index contributed by atoms with van der Waals surface area (Å²) in [5, 5.41) is 5.27. The summed E-state index contributed by atoms with van der Waals surface area (Å²) >= 11 is 0. The number of methoxy groups -OCH3 is 1. The molecular formula is C42H51N5O6S. The highest BCUT2D eigenvalue weighted by Crippen LogP contribution is 2.48. The number of aryl methyl sites for hydroxylation is 2. The number of hydrogen-bond donors (Lipinski definition) is 1. The standard InChI is InChI=1S/C42H51N5O6S/c1-6-46-39(37(26(4)43-46)42(49)47-31-13-10-14-32(47)24-53-23-31)30-19-29-20-33(52-5)16-18-34(29)40-38(27-11-8-7-9-12-27)35-17-15-28(21-36(35)45(40)22-30)41(48)44-54(50,51)25(2)3/h15-21,25,27,31-32H,6-14,22-24H2,1-5H3,(H,44,48). The number of nitrogens with one attached hydrogen (secondary N) is 1. The molecule has 2 unspecified atom stereocenters. The van der Waals surface area contributed by atoms with Crippen molar-refractivity contribution in [2.24, 2.45) is 0 Å².